The van der Waals surface area contributed by atoms with Gasteiger partial charge in [-0.2, -0.15) is 0 Å². The number of carbonyl (C=O) groups is 2. The number of aliphatic imine (C=N–C) groups is 1. The van der Waals surface area contributed by atoms with Crippen molar-refractivity contribution in [2.45, 2.75) is 51.4 Å². The second-order valence-corrected chi connectivity index (χ2v) is 12.6. The van der Waals surface area contributed by atoms with E-state index < -0.39 is 23.8 Å². The van der Waals surface area contributed by atoms with E-state index in [-0.39, 0.29) is 31.0 Å². The number of β-amino-alcohol motifs (C(OH)–C–C–N with tert-alkyl or cyclic N) is 1. The van der Waals surface area contributed by atoms with Gasteiger partial charge in [-0.15, -0.1) is 0 Å². The van der Waals surface area contributed by atoms with Crippen molar-refractivity contribution in [3.8, 4) is 0 Å². The first-order valence-corrected chi connectivity index (χ1v) is 14.8. The number of hydrogen-bond acceptors (Lipinski definition) is 6. The molecule has 212 valence electrons. The van der Waals surface area contributed by atoms with E-state index in [1.807, 2.05) is 55.5 Å². The number of carbonyl (C=O) groups excluding carboxylic acids is 1. The number of fused-ring (bicyclic) bond motifs is 1. The highest BCUT2D eigenvalue weighted by Crippen LogP contribution is 2.56. The standard InChI is InChI=1S/C29H32Cl2N4O4S/c1-5-34(21-14-33(28(38)39)15-22(21)36)26(37)24-23(16(2)3)35-25(17-6-10-19(30)11-7-17)29(4,32-27(35)40-24)18-8-12-20(31)13-9-18/h6-13,16,21-22,25,36H,5,14-15H2,1-4H3,(H,38,39)/t21-,22-,25-,29+/m1/s1. The van der Waals surface area contributed by atoms with Crippen LogP contribution in [0.25, 0.3) is 0 Å². The van der Waals surface area contributed by atoms with Crippen molar-refractivity contribution in [2.75, 3.05) is 19.6 Å². The monoisotopic (exact) mass is 602 g/mol. The van der Waals surface area contributed by atoms with Crippen molar-refractivity contribution < 1.29 is 19.8 Å². The Kier molecular flexibility index (Phi) is 7.87. The molecule has 0 unspecified atom stereocenters. The van der Waals surface area contributed by atoms with Crippen molar-refractivity contribution in [1.82, 2.24) is 14.7 Å². The number of rotatable bonds is 6. The fourth-order valence-corrected chi connectivity index (χ4v) is 7.57. The van der Waals surface area contributed by atoms with Gasteiger partial charge in [-0.25, -0.2) is 9.79 Å². The molecule has 2 aromatic rings. The lowest BCUT2D eigenvalue weighted by atomic mass is 9.81. The predicted octanol–water partition coefficient (Wildman–Crippen LogP) is 5.81. The summed E-state index contributed by atoms with van der Waals surface area (Å²) in [6.45, 7) is 8.41. The molecule has 8 nitrogen and oxygen atoms in total. The minimum Gasteiger partial charge on any atom is -0.465 e. The topological polar surface area (TPSA) is 96.7 Å². The number of amides is 2. The van der Waals surface area contributed by atoms with Gasteiger partial charge in [0.15, 0.2) is 5.17 Å². The van der Waals surface area contributed by atoms with Gasteiger partial charge in [-0.1, -0.05) is 61.3 Å². The Morgan fingerprint density at radius 2 is 1.70 bits per heavy atom. The van der Waals surface area contributed by atoms with E-state index >= 15 is 0 Å². The Labute approximate surface area is 248 Å². The first kappa shape index (κ1) is 28.8. The molecule has 0 aromatic heterocycles. The lowest BCUT2D eigenvalue weighted by Gasteiger charge is -2.37. The molecule has 2 aromatic carbocycles. The summed E-state index contributed by atoms with van der Waals surface area (Å²) in [7, 11) is 0. The van der Waals surface area contributed by atoms with Gasteiger partial charge in [0.1, 0.15) is 10.4 Å². The summed E-state index contributed by atoms with van der Waals surface area (Å²) in [5.74, 6) is -0.253. The number of amidine groups is 1. The second kappa shape index (κ2) is 10.9. The molecule has 0 spiro atoms. The SMILES string of the molecule is CCN(C(=O)C1=C(C(C)C)N2C(=N[C@@](C)(c3ccc(Cl)cc3)[C@H]2c2ccc(Cl)cc2)S1)[C@@H]1CN(C(=O)O)C[C@H]1O. The Morgan fingerprint density at radius 3 is 2.23 bits per heavy atom. The molecule has 0 bridgehead atoms. The molecule has 4 atom stereocenters. The number of carboxylic acid groups (broad SMARTS) is 1. The zero-order valence-corrected chi connectivity index (χ0v) is 25.0. The summed E-state index contributed by atoms with van der Waals surface area (Å²) >= 11 is 13.8. The molecule has 40 heavy (non-hydrogen) atoms. The highest BCUT2D eigenvalue weighted by atomic mass is 35.5. The second-order valence-electron chi connectivity index (χ2n) is 10.8. The summed E-state index contributed by atoms with van der Waals surface area (Å²) in [6, 6.07) is 14.5. The van der Waals surface area contributed by atoms with Gasteiger partial charge in [0, 0.05) is 28.8 Å². The Morgan fingerprint density at radius 1 is 1.10 bits per heavy atom. The van der Waals surface area contributed by atoms with Gasteiger partial charge in [-0.3, -0.25) is 4.79 Å². The summed E-state index contributed by atoms with van der Waals surface area (Å²) in [4.78, 5) is 36.4. The van der Waals surface area contributed by atoms with Gasteiger partial charge >= 0.3 is 6.09 Å². The molecule has 0 aliphatic carbocycles. The van der Waals surface area contributed by atoms with Crippen LogP contribution in [0.1, 0.15) is 44.9 Å². The van der Waals surface area contributed by atoms with Crippen molar-refractivity contribution in [1.29, 1.82) is 0 Å². The third-order valence-corrected chi connectivity index (χ3v) is 9.46. The number of aliphatic hydroxyl groups excluding tert-OH is 1. The minimum absolute atomic E-state index is 0.0238. The number of aliphatic hydroxyl groups is 1. The van der Waals surface area contributed by atoms with E-state index in [1.165, 1.54) is 11.8 Å². The van der Waals surface area contributed by atoms with Gasteiger partial charge in [-0.05, 0) is 66.9 Å². The van der Waals surface area contributed by atoms with E-state index in [2.05, 4.69) is 25.7 Å². The average Bonchev–Trinajstić information content (AvgIpc) is 3.55. The number of halogens is 2. The number of allylic oxidation sites excluding steroid dienone is 1. The lowest BCUT2D eigenvalue weighted by molar-refractivity contribution is -0.130. The van der Waals surface area contributed by atoms with Crippen LogP contribution in [0.2, 0.25) is 10.0 Å². The highest BCUT2D eigenvalue weighted by molar-refractivity contribution is 8.18. The Hall–Kier alpha value is -2.72. The molecule has 3 heterocycles. The van der Waals surface area contributed by atoms with E-state index in [9.17, 15) is 19.8 Å². The van der Waals surface area contributed by atoms with Gasteiger partial charge in [0.05, 0.1) is 24.7 Å². The van der Waals surface area contributed by atoms with E-state index in [1.54, 1.807) is 4.90 Å². The molecule has 3 aliphatic heterocycles. The Balaban J connectivity index is 1.58. The van der Waals surface area contributed by atoms with Gasteiger partial charge < -0.3 is 24.9 Å². The third-order valence-electron chi connectivity index (χ3n) is 7.90. The van der Waals surface area contributed by atoms with E-state index in [0.717, 1.165) is 26.9 Å². The first-order valence-electron chi connectivity index (χ1n) is 13.3. The molecule has 1 fully saturated rings. The Bertz CT molecular complexity index is 1380. The minimum atomic E-state index is -1.11. The van der Waals surface area contributed by atoms with Crippen LogP contribution >= 0.6 is 35.0 Å². The molecular formula is C29H32Cl2N4O4S. The lowest BCUT2D eigenvalue weighted by Crippen LogP contribution is -2.47. The highest BCUT2D eigenvalue weighted by Gasteiger charge is 2.54. The van der Waals surface area contributed by atoms with Crippen LogP contribution in [0.5, 0.6) is 0 Å². The number of likely N-dealkylation sites (tertiary alicyclic amines) is 1. The molecule has 1 saturated heterocycles. The summed E-state index contributed by atoms with van der Waals surface area (Å²) < 4.78 is 0. The maximum Gasteiger partial charge on any atom is 0.407 e. The van der Waals surface area contributed by atoms with Crippen LogP contribution in [0.3, 0.4) is 0 Å². The molecule has 3 aliphatic rings. The van der Waals surface area contributed by atoms with Crippen LogP contribution in [-0.4, -0.2) is 73.9 Å². The van der Waals surface area contributed by atoms with E-state index in [4.69, 9.17) is 28.2 Å². The number of thioether (sulfide) groups is 1. The summed E-state index contributed by atoms with van der Waals surface area (Å²) in [5, 5.41) is 22.1. The molecule has 0 radical (unpaired) electrons. The maximum atomic E-state index is 14.1. The predicted molar refractivity (Wildman–Crippen MR) is 159 cm³/mol. The van der Waals surface area contributed by atoms with Crippen LogP contribution in [0, 0.1) is 5.92 Å². The largest absolute Gasteiger partial charge is 0.465 e. The van der Waals surface area contributed by atoms with Crippen LogP contribution in [0.15, 0.2) is 64.1 Å². The quantitative estimate of drug-likeness (QED) is 0.433. The number of benzene rings is 2. The summed E-state index contributed by atoms with van der Waals surface area (Å²) in [6.07, 6.45) is -2.06. The normalized spacial score (nSPS) is 26.0. The number of hydrogen-bond donors (Lipinski definition) is 2. The molecule has 5 rings (SSSR count). The van der Waals surface area contributed by atoms with Crippen molar-refractivity contribution >= 4 is 52.1 Å². The molecule has 0 saturated carbocycles. The van der Waals surface area contributed by atoms with E-state index in [0.29, 0.717) is 21.5 Å². The molecule has 2 amide bonds. The van der Waals surface area contributed by atoms with Crippen LogP contribution < -0.4 is 0 Å². The van der Waals surface area contributed by atoms with Gasteiger partial charge in [0.25, 0.3) is 5.91 Å². The van der Waals surface area contributed by atoms with Crippen LogP contribution in [-0.2, 0) is 10.3 Å². The number of nitrogens with zero attached hydrogens (tertiary/aromatic N) is 4. The zero-order chi connectivity index (χ0) is 28.9. The number of likely N-dealkylation sites (N-methyl/N-ethyl adjacent to an activating group) is 1. The van der Waals surface area contributed by atoms with Crippen molar-refractivity contribution in [2.24, 2.45) is 10.9 Å². The third kappa shape index (κ3) is 4.87. The average molecular weight is 604 g/mol. The fraction of sp³-hybridized carbons (Fsp3) is 0.414. The van der Waals surface area contributed by atoms with Crippen LogP contribution in [0.4, 0.5) is 4.79 Å². The molecular weight excluding hydrogens is 571 g/mol. The fourth-order valence-electron chi connectivity index (χ4n) is 5.96. The van der Waals surface area contributed by atoms with Crippen molar-refractivity contribution in [3.05, 3.63) is 80.3 Å². The molecule has 11 heteroatoms. The summed E-state index contributed by atoms with van der Waals surface area (Å²) in [5.41, 5.74) is 2.17. The smallest absolute Gasteiger partial charge is 0.407 e. The van der Waals surface area contributed by atoms with Gasteiger partial charge in [0.2, 0.25) is 0 Å². The maximum absolute atomic E-state index is 14.1. The zero-order valence-electron chi connectivity index (χ0n) is 22.7. The van der Waals surface area contributed by atoms with Crippen molar-refractivity contribution in [3.63, 3.8) is 0 Å². The molecule has 2 N–H and O–H groups in total. The first-order chi connectivity index (χ1) is 19.0.